The topological polar surface area (TPSA) is 12.9 Å². The van der Waals surface area contributed by atoms with Crippen molar-refractivity contribution < 1.29 is 0 Å². The molecule has 0 atom stereocenters. The normalized spacial score (nSPS) is 10.3. The minimum absolute atomic E-state index is 1.03. The molecular weight excluding hydrogens is 238 g/mol. The second-order valence-electron chi connectivity index (χ2n) is 4.11. The van der Waals surface area contributed by atoms with E-state index < -0.39 is 0 Å². The Kier molecular flexibility index (Phi) is 4.11. The van der Waals surface area contributed by atoms with Crippen LogP contribution in [0, 0.1) is 0 Å². The standard InChI is InChI=1S/C16H17NS/c1-4-8-15-14(6-3)17-16(18-15)13-10-7-9-12(5-2)11-13/h5-7,9-11H,2-4,8H2,1H3. The predicted molar refractivity (Wildman–Crippen MR) is 81.7 cm³/mol. The average molecular weight is 255 g/mol. The molecule has 0 fully saturated rings. The van der Waals surface area contributed by atoms with Crippen molar-refractivity contribution in [3.63, 3.8) is 0 Å². The van der Waals surface area contributed by atoms with Crippen molar-refractivity contribution in [3.05, 3.63) is 53.6 Å². The van der Waals surface area contributed by atoms with Gasteiger partial charge >= 0.3 is 0 Å². The molecule has 0 N–H and O–H groups in total. The van der Waals surface area contributed by atoms with Crippen molar-refractivity contribution in [2.75, 3.05) is 0 Å². The number of aryl methyl sites for hydroxylation is 1. The van der Waals surface area contributed by atoms with Crippen LogP contribution in [0.2, 0.25) is 0 Å². The maximum atomic E-state index is 4.66. The van der Waals surface area contributed by atoms with Crippen molar-refractivity contribution in [1.82, 2.24) is 4.98 Å². The van der Waals surface area contributed by atoms with Gasteiger partial charge in [-0.2, -0.15) is 0 Å². The fourth-order valence-corrected chi connectivity index (χ4v) is 3.01. The van der Waals surface area contributed by atoms with E-state index in [1.165, 1.54) is 4.88 Å². The van der Waals surface area contributed by atoms with Gasteiger partial charge in [-0.15, -0.1) is 11.3 Å². The van der Waals surface area contributed by atoms with Gasteiger partial charge in [-0.3, -0.25) is 0 Å². The number of nitrogens with zero attached hydrogens (tertiary/aromatic N) is 1. The van der Waals surface area contributed by atoms with E-state index in [0.29, 0.717) is 0 Å². The highest BCUT2D eigenvalue weighted by atomic mass is 32.1. The van der Waals surface area contributed by atoms with E-state index in [0.717, 1.165) is 34.7 Å². The molecule has 1 aromatic carbocycles. The Balaban J connectivity index is 2.43. The molecule has 0 saturated carbocycles. The molecule has 0 bridgehead atoms. The van der Waals surface area contributed by atoms with Crippen LogP contribution < -0.4 is 0 Å². The van der Waals surface area contributed by atoms with Crippen LogP contribution in [0.5, 0.6) is 0 Å². The Hall–Kier alpha value is -1.67. The van der Waals surface area contributed by atoms with Crippen LogP contribution >= 0.6 is 11.3 Å². The third-order valence-electron chi connectivity index (χ3n) is 2.77. The summed E-state index contributed by atoms with van der Waals surface area (Å²) in [6.07, 6.45) is 5.91. The molecule has 18 heavy (non-hydrogen) atoms. The Morgan fingerprint density at radius 2 is 2.11 bits per heavy atom. The molecular formula is C16H17NS. The van der Waals surface area contributed by atoms with E-state index in [9.17, 15) is 0 Å². The lowest BCUT2D eigenvalue weighted by Gasteiger charge is -1.97. The number of hydrogen-bond acceptors (Lipinski definition) is 2. The summed E-state index contributed by atoms with van der Waals surface area (Å²) in [5, 5.41) is 1.07. The SMILES string of the molecule is C=Cc1cccc(-c2nc(C=C)c(CCC)s2)c1. The predicted octanol–water partition coefficient (Wildman–Crippen LogP) is 5.05. The van der Waals surface area contributed by atoms with Gasteiger partial charge in [0, 0.05) is 10.4 Å². The maximum Gasteiger partial charge on any atom is 0.124 e. The van der Waals surface area contributed by atoms with Crippen molar-refractivity contribution >= 4 is 23.5 Å². The smallest absolute Gasteiger partial charge is 0.124 e. The molecule has 0 radical (unpaired) electrons. The number of rotatable bonds is 5. The first-order chi connectivity index (χ1) is 8.78. The molecule has 2 rings (SSSR count). The third-order valence-corrected chi connectivity index (χ3v) is 3.95. The monoisotopic (exact) mass is 255 g/mol. The summed E-state index contributed by atoms with van der Waals surface area (Å²) >= 11 is 1.76. The van der Waals surface area contributed by atoms with E-state index >= 15 is 0 Å². The van der Waals surface area contributed by atoms with Gasteiger partial charge in [0.2, 0.25) is 0 Å². The van der Waals surface area contributed by atoms with Crippen molar-refractivity contribution in [1.29, 1.82) is 0 Å². The molecule has 0 amide bonds. The zero-order chi connectivity index (χ0) is 13.0. The summed E-state index contributed by atoms with van der Waals surface area (Å²) in [7, 11) is 0. The van der Waals surface area contributed by atoms with Gasteiger partial charge in [0.1, 0.15) is 5.01 Å². The van der Waals surface area contributed by atoms with Crippen LogP contribution in [-0.4, -0.2) is 4.98 Å². The van der Waals surface area contributed by atoms with Gasteiger partial charge in [-0.25, -0.2) is 4.98 Å². The molecule has 1 heterocycles. The van der Waals surface area contributed by atoms with Crippen LogP contribution in [0.1, 0.15) is 29.5 Å². The molecule has 2 heteroatoms. The Labute approximate surface area is 113 Å². The minimum Gasteiger partial charge on any atom is -0.236 e. The van der Waals surface area contributed by atoms with E-state index in [1.807, 2.05) is 24.3 Å². The van der Waals surface area contributed by atoms with Crippen LogP contribution in [0.4, 0.5) is 0 Å². The van der Waals surface area contributed by atoms with E-state index in [2.05, 4.69) is 37.2 Å². The number of benzene rings is 1. The summed E-state index contributed by atoms with van der Waals surface area (Å²) in [6, 6.07) is 8.30. The Morgan fingerprint density at radius 3 is 2.78 bits per heavy atom. The minimum atomic E-state index is 1.03. The third kappa shape index (κ3) is 2.59. The van der Waals surface area contributed by atoms with Crippen LogP contribution in [0.25, 0.3) is 22.7 Å². The molecule has 0 aliphatic heterocycles. The van der Waals surface area contributed by atoms with Crippen molar-refractivity contribution in [3.8, 4) is 10.6 Å². The van der Waals surface area contributed by atoms with Crippen molar-refractivity contribution in [2.45, 2.75) is 19.8 Å². The van der Waals surface area contributed by atoms with Crippen LogP contribution in [-0.2, 0) is 6.42 Å². The van der Waals surface area contributed by atoms with E-state index in [1.54, 1.807) is 11.3 Å². The van der Waals surface area contributed by atoms with Gasteiger partial charge in [0.15, 0.2) is 0 Å². The van der Waals surface area contributed by atoms with Crippen LogP contribution in [0.3, 0.4) is 0 Å². The molecule has 0 aliphatic rings. The first kappa shape index (κ1) is 12.8. The van der Waals surface area contributed by atoms with Gasteiger partial charge in [0.05, 0.1) is 5.69 Å². The molecule has 1 aromatic heterocycles. The lowest BCUT2D eigenvalue weighted by Crippen LogP contribution is -1.82. The first-order valence-corrected chi connectivity index (χ1v) is 6.95. The Bertz CT molecular complexity index is 566. The summed E-state index contributed by atoms with van der Waals surface area (Å²) in [5.41, 5.74) is 3.31. The highest BCUT2D eigenvalue weighted by Gasteiger charge is 2.09. The highest BCUT2D eigenvalue weighted by Crippen LogP contribution is 2.30. The molecule has 0 spiro atoms. The zero-order valence-corrected chi connectivity index (χ0v) is 11.5. The fraction of sp³-hybridized carbons (Fsp3) is 0.188. The zero-order valence-electron chi connectivity index (χ0n) is 10.6. The van der Waals surface area contributed by atoms with Gasteiger partial charge < -0.3 is 0 Å². The molecule has 2 aromatic rings. The van der Waals surface area contributed by atoms with E-state index in [-0.39, 0.29) is 0 Å². The molecule has 92 valence electrons. The lowest BCUT2D eigenvalue weighted by molar-refractivity contribution is 0.933. The van der Waals surface area contributed by atoms with Gasteiger partial charge in [-0.1, -0.05) is 50.8 Å². The number of hydrogen-bond donors (Lipinski definition) is 0. The number of aromatic nitrogens is 1. The maximum absolute atomic E-state index is 4.66. The van der Waals surface area contributed by atoms with Gasteiger partial charge in [-0.05, 0) is 24.1 Å². The largest absolute Gasteiger partial charge is 0.236 e. The molecule has 1 nitrogen and oxygen atoms in total. The average Bonchev–Trinajstić information content (AvgIpc) is 2.82. The summed E-state index contributed by atoms with van der Waals surface area (Å²) < 4.78 is 0. The molecule has 0 aliphatic carbocycles. The summed E-state index contributed by atoms with van der Waals surface area (Å²) in [6.45, 7) is 9.83. The quantitative estimate of drug-likeness (QED) is 0.728. The van der Waals surface area contributed by atoms with Gasteiger partial charge in [0.25, 0.3) is 0 Å². The van der Waals surface area contributed by atoms with Crippen LogP contribution in [0.15, 0.2) is 37.4 Å². The Morgan fingerprint density at radius 1 is 1.28 bits per heavy atom. The summed E-state index contributed by atoms with van der Waals surface area (Å²) in [5.74, 6) is 0. The second kappa shape index (κ2) is 5.78. The fourth-order valence-electron chi connectivity index (χ4n) is 1.85. The highest BCUT2D eigenvalue weighted by molar-refractivity contribution is 7.15. The summed E-state index contributed by atoms with van der Waals surface area (Å²) in [4.78, 5) is 5.98. The second-order valence-corrected chi connectivity index (χ2v) is 5.19. The van der Waals surface area contributed by atoms with E-state index in [4.69, 9.17) is 0 Å². The lowest BCUT2D eigenvalue weighted by atomic mass is 10.1. The first-order valence-electron chi connectivity index (χ1n) is 6.13. The number of thiazole rings is 1. The molecule has 0 saturated heterocycles. The van der Waals surface area contributed by atoms with Crippen molar-refractivity contribution in [2.24, 2.45) is 0 Å². The molecule has 0 unspecified atom stereocenters.